The van der Waals surface area contributed by atoms with Gasteiger partial charge in [-0.1, -0.05) is 54.1 Å². The monoisotopic (exact) mass is 537 g/mol. The normalized spacial score (nSPS) is 7.54. The molecule has 138 valence electrons. The van der Waals surface area contributed by atoms with Crippen molar-refractivity contribution in [3.05, 3.63) is 0 Å². The number of nitrogens with zero attached hydrogens (tertiary/aromatic N) is 1. The Morgan fingerprint density at radius 1 is 0.750 bits per heavy atom. The average molecular weight is 539 g/mol. The van der Waals surface area contributed by atoms with Crippen LogP contribution >= 0.6 is 49.7 Å². The molecule has 0 aromatic carbocycles. The number of rotatable bonds is 0. The van der Waals surface area contributed by atoms with Crippen LogP contribution in [0.5, 0.6) is 0 Å². The molecular formula is C11H31Cl4NNa4S4-2. The van der Waals surface area contributed by atoms with Gasteiger partial charge in [0.15, 0.2) is 0 Å². The van der Waals surface area contributed by atoms with Gasteiger partial charge in [-0.25, -0.2) is 0 Å². The van der Waals surface area contributed by atoms with E-state index in [0.717, 1.165) is 17.4 Å². The van der Waals surface area contributed by atoms with E-state index in [1.165, 1.54) is 12.8 Å². The summed E-state index contributed by atoms with van der Waals surface area (Å²) >= 11 is 17.0. The van der Waals surface area contributed by atoms with E-state index >= 15 is 0 Å². The Kier molecular flexibility index (Phi) is 230. The van der Waals surface area contributed by atoms with E-state index in [4.69, 9.17) is 12.2 Å². The Bertz CT molecular complexity index is 202. The number of hydrogen-bond acceptors (Lipinski definition) is 2. The molecule has 1 saturated heterocycles. The Balaban J connectivity index is -0.00000000491. The molecule has 0 spiro atoms. The Morgan fingerprint density at radius 3 is 1.00 bits per heavy atom. The molecule has 0 aromatic heterocycles. The molecule has 0 saturated carbocycles. The summed E-state index contributed by atoms with van der Waals surface area (Å²) < 4.78 is 1.45. The molecule has 0 aliphatic carbocycles. The third kappa shape index (κ3) is 70.7. The first-order chi connectivity index (χ1) is 5.54. The third-order valence-corrected chi connectivity index (χ3v) is 1.92. The molecule has 0 aromatic rings. The molecule has 0 amide bonds. The first kappa shape index (κ1) is 87.5. The number of thiocarbonyl (C=S) groups is 2. The van der Waals surface area contributed by atoms with Crippen molar-refractivity contribution in [1.82, 2.24) is 4.90 Å². The summed E-state index contributed by atoms with van der Waals surface area (Å²) in [7, 11) is 0. The van der Waals surface area contributed by atoms with E-state index in [1.807, 2.05) is 0 Å². The minimum atomic E-state index is 0. The Hall–Kier alpha value is 5.84. The molecule has 0 unspecified atom stereocenters. The second-order valence-corrected chi connectivity index (χ2v) is 5.19. The van der Waals surface area contributed by atoms with Crippen LogP contribution in [0, 0.1) is 0 Å². The van der Waals surface area contributed by atoms with Gasteiger partial charge >= 0.3 is 118 Å². The zero-order valence-corrected chi connectivity index (χ0v) is 26.9. The van der Waals surface area contributed by atoms with Crippen LogP contribution in [0.3, 0.4) is 0 Å². The average Bonchev–Trinajstić information content (AvgIpc) is 2.34. The van der Waals surface area contributed by atoms with Crippen molar-refractivity contribution in [2.75, 3.05) is 13.1 Å². The molecule has 1 nitrogen and oxygen atoms in total. The van der Waals surface area contributed by atoms with Crippen LogP contribution in [-0.4, -0.2) is 26.5 Å². The van der Waals surface area contributed by atoms with Crippen molar-refractivity contribution in [1.29, 1.82) is 0 Å². The molecular weight excluding hydrogens is 508 g/mol. The van der Waals surface area contributed by atoms with Gasteiger partial charge in [0, 0.05) is 17.3 Å². The molecule has 0 atom stereocenters. The summed E-state index contributed by atoms with van der Waals surface area (Å²) in [5, 5.41) is 0. The van der Waals surface area contributed by atoms with Crippen LogP contribution in [0.25, 0.3) is 0 Å². The summed E-state index contributed by atoms with van der Waals surface area (Å²) in [5.74, 6) is 0. The van der Waals surface area contributed by atoms with Crippen LogP contribution in [0.2, 0.25) is 0 Å². The summed E-state index contributed by atoms with van der Waals surface area (Å²) in [5.41, 5.74) is 0. The predicted molar refractivity (Wildman–Crippen MR) is 98.8 cm³/mol. The summed E-state index contributed by atoms with van der Waals surface area (Å²) in [4.78, 5) is 2.12. The number of likely N-dealkylation sites (tertiary alicyclic amines) is 1. The zero-order chi connectivity index (χ0) is 9.56. The van der Waals surface area contributed by atoms with Crippen LogP contribution in [0.15, 0.2) is 0 Å². The largest absolute Gasteiger partial charge is 1.00 e. The van der Waals surface area contributed by atoms with Crippen LogP contribution in [-0.2, 0) is 0 Å². The number of hydrogen-bond donors (Lipinski definition) is 2. The summed E-state index contributed by atoms with van der Waals surface area (Å²) in [6, 6.07) is 0. The topological polar surface area (TPSA) is 3.24 Å². The fraction of sp³-hybridized carbons (Fsp3) is 0.818. The van der Waals surface area contributed by atoms with Crippen LogP contribution in [0.1, 0.15) is 52.3 Å². The molecule has 13 heteroatoms. The SMILES string of the molecule is C.C.C.C.CC(=S)S.S=C(S)N1CCCC1.[Cl-].[Cl-].[Cl-].[Cl-].[H-].[H-].[Na+].[Na+].[Na+].[Na+]. The first-order valence-corrected chi connectivity index (χ1v) is 5.42. The maximum Gasteiger partial charge on any atom is 1.00 e. The third-order valence-electron chi connectivity index (χ3n) is 1.38. The second kappa shape index (κ2) is 63.0. The van der Waals surface area contributed by atoms with E-state index < -0.39 is 0 Å². The number of halogens is 4. The second-order valence-electron chi connectivity index (χ2n) is 2.50. The van der Waals surface area contributed by atoms with E-state index in [0.29, 0.717) is 4.20 Å². The first-order valence-electron chi connectivity index (χ1n) is 3.71. The quantitative estimate of drug-likeness (QED) is 0.179. The van der Waals surface area contributed by atoms with E-state index in [9.17, 15) is 0 Å². The molecule has 24 heavy (non-hydrogen) atoms. The smallest absolute Gasteiger partial charge is 1.00 e. The van der Waals surface area contributed by atoms with E-state index in [1.54, 1.807) is 6.92 Å². The van der Waals surface area contributed by atoms with Gasteiger partial charge in [-0.2, -0.15) is 0 Å². The van der Waals surface area contributed by atoms with Gasteiger partial charge in [0.2, 0.25) is 0 Å². The maximum atomic E-state index is 4.85. The fourth-order valence-corrected chi connectivity index (χ4v) is 1.29. The van der Waals surface area contributed by atoms with Crippen molar-refractivity contribution < 1.29 is 171 Å². The molecule has 0 N–H and O–H groups in total. The van der Waals surface area contributed by atoms with Crippen molar-refractivity contribution in [2.24, 2.45) is 0 Å². The Morgan fingerprint density at radius 2 is 0.917 bits per heavy atom. The van der Waals surface area contributed by atoms with Crippen molar-refractivity contribution >= 4 is 58.2 Å². The minimum absolute atomic E-state index is 0. The molecule has 0 bridgehead atoms. The molecule has 1 rings (SSSR count). The summed E-state index contributed by atoms with van der Waals surface area (Å²) in [6.45, 7) is 3.99. The van der Waals surface area contributed by atoms with Crippen molar-refractivity contribution in [3.63, 3.8) is 0 Å². The molecule has 0 radical (unpaired) electrons. The number of thiol groups is 2. The molecule has 1 aliphatic rings. The van der Waals surface area contributed by atoms with Crippen LogP contribution < -0.4 is 168 Å². The Labute approximate surface area is 290 Å². The van der Waals surface area contributed by atoms with Gasteiger partial charge in [-0.3, -0.25) is 0 Å². The predicted octanol–water partition coefficient (Wildman–Crippen LogP) is -18.6. The van der Waals surface area contributed by atoms with Crippen molar-refractivity contribution in [2.45, 2.75) is 49.5 Å². The fourth-order valence-electron chi connectivity index (χ4n) is 0.908. The molecule has 1 aliphatic heterocycles. The van der Waals surface area contributed by atoms with E-state index in [2.05, 4.69) is 42.4 Å². The van der Waals surface area contributed by atoms with Gasteiger partial charge in [-0.15, -0.1) is 25.3 Å². The molecule has 1 heterocycles. The van der Waals surface area contributed by atoms with Crippen LogP contribution in [0.4, 0.5) is 0 Å². The van der Waals surface area contributed by atoms with E-state index in [-0.39, 0.29) is 200 Å². The van der Waals surface area contributed by atoms with Gasteiger partial charge in [0.25, 0.3) is 0 Å². The van der Waals surface area contributed by atoms with Crippen molar-refractivity contribution in [3.8, 4) is 0 Å². The van der Waals surface area contributed by atoms with Gasteiger partial charge in [0.05, 0.1) is 0 Å². The standard InChI is InChI=1S/C5H9NS2.C2H4S2.4CH4.4ClH.4Na.2H/c7-5(8)6-3-1-2-4-6;1-2(3)4;;;;;;;;;;;;;;/h1-4H2,(H,7,8);1H3,(H,3,4);4*1H4;4*1H;;;;;;/q;;;;;;;;;;4*+1;2*-1/p-4. The van der Waals surface area contributed by atoms with Gasteiger partial charge < -0.3 is 57.4 Å². The van der Waals surface area contributed by atoms with Gasteiger partial charge in [-0.05, 0) is 19.8 Å². The van der Waals surface area contributed by atoms with Gasteiger partial charge in [0.1, 0.15) is 4.32 Å². The zero-order valence-electron chi connectivity index (χ0n) is 14.5. The maximum absolute atomic E-state index is 4.85. The summed E-state index contributed by atoms with van der Waals surface area (Å²) in [6.07, 6.45) is 2.56. The minimum Gasteiger partial charge on any atom is -1.00 e. The molecule has 1 fully saturated rings.